The third-order valence-electron chi connectivity index (χ3n) is 5.11. The molecule has 0 atom stereocenters. The van der Waals surface area contributed by atoms with E-state index in [9.17, 15) is 9.59 Å². The second-order valence-electron chi connectivity index (χ2n) is 6.53. The molecule has 0 unspecified atom stereocenters. The summed E-state index contributed by atoms with van der Waals surface area (Å²) in [7, 11) is 0. The van der Waals surface area contributed by atoms with Crippen molar-refractivity contribution in [2.24, 2.45) is 0 Å². The number of hydrogen-bond donors (Lipinski definition) is 1. The van der Waals surface area contributed by atoms with E-state index >= 15 is 0 Å². The predicted molar refractivity (Wildman–Crippen MR) is 88.7 cm³/mol. The van der Waals surface area contributed by atoms with Gasteiger partial charge in [0.05, 0.1) is 26.2 Å². The number of carbonyl (C=O) groups is 2. The van der Waals surface area contributed by atoms with Crippen LogP contribution in [-0.4, -0.2) is 42.9 Å². The molecule has 2 amide bonds. The third-order valence-corrected chi connectivity index (χ3v) is 5.11. The lowest BCUT2D eigenvalue weighted by Crippen LogP contribution is -3.13. The number of benzene rings is 2. The van der Waals surface area contributed by atoms with Crippen molar-refractivity contribution < 1.29 is 14.5 Å². The van der Waals surface area contributed by atoms with Gasteiger partial charge in [-0.3, -0.25) is 14.5 Å². The molecular formula is C19H21N2O2+. The Kier molecular flexibility index (Phi) is 3.62. The fourth-order valence-corrected chi connectivity index (χ4v) is 3.86. The summed E-state index contributed by atoms with van der Waals surface area (Å²) in [5.74, 6) is -0.286. The Morgan fingerprint density at radius 1 is 0.870 bits per heavy atom. The number of piperidine rings is 1. The molecule has 1 N–H and O–H groups in total. The molecule has 23 heavy (non-hydrogen) atoms. The Balaban J connectivity index is 1.63. The van der Waals surface area contributed by atoms with Gasteiger partial charge < -0.3 is 4.90 Å². The van der Waals surface area contributed by atoms with Crippen LogP contribution in [0, 0.1) is 0 Å². The molecule has 0 aromatic heterocycles. The number of nitrogens with one attached hydrogen (secondary N) is 1. The smallest absolute Gasteiger partial charge is 0.261 e. The van der Waals surface area contributed by atoms with Gasteiger partial charge in [0, 0.05) is 16.5 Å². The molecule has 1 fully saturated rings. The molecule has 1 saturated heterocycles. The van der Waals surface area contributed by atoms with Gasteiger partial charge in [-0.2, -0.15) is 0 Å². The molecule has 4 rings (SSSR count). The molecule has 4 nitrogen and oxygen atoms in total. The molecule has 0 bridgehead atoms. The summed E-state index contributed by atoms with van der Waals surface area (Å²) in [6.45, 7) is 3.68. The van der Waals surface area contributed by atoms with Gasteiger partial charge in [0.25, 0.3) is 11.8 Å². The first kappa shape index (κ1) is 14.4. The molecule has 2 aliphatic rings. The molecule has 4 heteroatoms. The number of likely N-dealkylation sites (tertiary alicyclic amines) is 1. The minimum absolute atomic E-state index is 0.143. The van der Waals surface area contributed by atoms with Crippen molar-refractivity contribution in [1.29, 1.82) is 0 Å². The summed E-state index contributed by atoms with van der Waals surface area (Å²) in [5.41, 5.74) is 1.32. The summed E-state index contributed by atoms with van der Waals surface area (Å²) in [6.07, 6.45) is 3.80. The number of amides is 2. The zero-order chi connectivity index (χ0) is 15.8. The predicted octanol–water partition coefficient (Wildman–Crippen LogP) is 1.50. The fraction of sp³-hybridized carbons (Fsp3) is 0.368. The quantitative estimate of drug-likeness (QED) is 0.873. The molecule has 0 saturated carbocycles. The molecule has 0 spiro atoms. The van der Waals surface area contributed by atoms with E-state index in [0.717, 1.165) is 30.4 Å². The lowest BCUT2D eigenvalue weighted by Gasteiger charge is -2.29. The first-order valence-electron chi connectivity index (χ1n) is 8.47. The first-order valence-corrected chi connectivity index (χ1v) is 8.47. The lowest BCUT2D eigenvalue weighted by molar-refractivity contribution is -0.904. The van der Waals surface area contributed by atoms with E-state index in [1.165, 1.54) is 29.1 Å². The van der Waals surface area contributed by atoms with Crippen molar-refractivity contribution in [3.63, 3.8) is 0 Å². The molecule has 2 aromatic carbocycles. The second-order valence-corrected chi connectivity index (χ2v) is 6.53. The van der Waals surface area contributed by atoms with Crippen LogP contribution in [0.25, 0.3) is 10.8 Å². The summed E-state index contributed by atoms with van der Waals surface area (Å²) in [4.78, 5) is 28.5. The van der Waals surface area contributed by atoms with E-state index < -0.39 is 0 Å². The van der Waals surface area contributed by atoms with Gasteiger partial charge in [0.1, 0.15) is 0 Å². The van der Waals surface area contributed by atoms with Gasteiger partial charge in [0.2, 0.25) is 0 Å². The minimum atomic E-state index is -0.143. The van der Waals surface area contributed by atoms with Crippen LogP contribution in [0.5, 0.6) is 0 Å². The summed E-state index contributed by atoms with van der Waals surface area (Å²) in [6, 6.07) is 11.4. The van der Waals surface area contributed by atoms with E-state index in [2.05, 4.69) is 0 Å². The normalized spacial score (nSPS) is 18.7. The second kappa shape index (κ2) is 5.78. The van der Waals surface area contributed by atoms with Crippen molar-refractivity contribution >= 4 is 22.6 Å². The van der Waals surface area contributed by atoms with Gasteiger partial charge in [-0.1, -0.05) is 24.3 Å². The fourth-order valence-electron chi connectivity index (χ4n) is 3.86. The zero-order valence-electron chi connectivity index (χ0n) is 13.2. The topological polar surface area (TPSA) is 41.8 Å². The Morgan fingerprint density at radius 3 is 2.09 bits per heavy atom. The van der Waals surface area contributed by atoms with E-state index in [0.29, 0.717) is 17.7 Å². The standard InChI is InChI=1S/C19H20N2O2/c22-18-15-8-4-6-14-7-5-9-16(17(14)15)19(23)21(18)13-12-20-10-2-1-3-11-20/h4-9H,1-3,10-13H2/p+1. The van der Waals surface area contributed by atoms with Crippen LogP contribution in [0.2, 0.25) is 0 Å². The van der Waals surface area contributed by atoms with Gasteiger partial charge >= 0.3 is 0 Å². The van der Waals surface area contributed by atoms with Gasteiger partial charge in [0.15, 0.2) is 0 Å². The molecular weight excluding hydrogens is 288 g/mol. The minimum Gasteiger partial charge on any atom is -0.333 e. The highest BCUT2D eigenvalue weighted by Gasteiger charge is 2.33. The van der Waals surface area contributed by atoms with E-state index in [1.54, 1.807) is 0 Å². The maximum atomic E-state index is 12.8. The molecule has 0 aliphatic carbocycles. The van der Waals surface area contributed by atoms with Crippen molar-refractivity contribution in [3.05, 3.63) is 47.5 Å². The maximum Gasteiger partial charge on any atom is 0.261 e. The first-order chi connectivity index (χ1) is 11.3. The molecule has 2 heterocycles. The van der Waals surface area contributed by atoms with Crippen molar-refractivity contribution in [3.8, 4) is 0 Å². The number of rotatable bonds is 3. The Bertz CT molecular complexity index is 727. The van der Waals surface area contributed by atoms with Crippen molar-refractivity contribution in [2.45, 2.75) is 19.3 Å². The van der Waals surface area contributed by atoms with Gasteiger partial charge in [-0.25, -0.2) is 0 Å². The van der Waals surface area contributed by atoms with Crippen LogP contribution in [0.15, 0.2) is 36.4 Å². The highest BCUT2D eigenvalue weighted by atomic mass is 16.2. The monoisotopic (exact) mass is 309 g/mol. The summed E-state index contributed by atoms with van der Waals surface area (Å²) >= 11 is 0. The molecule has 118 valence electrons. The van der Waals surface area contributed by atoms with Crippen LogP contribution >= 0.6 is 0 Å². The highest BCUT2D eigenvalue weighted by molar-refractivity contribution is 6.25. The largest absolute Gasteiger partial charge is 0.333 e. The molecule has 2 aliphatic heterocycles. The number of carbonyl (C=O) groups excluding carboxylic acids is 2. The summed E-state index contributed by atoms with van der Waals surface area (Å²) in [5, 5.41) is 1.77. The zero-order valence-corrected chi connectivity index (χ0v) is 13.2. The van der Waals surface area contributed by atoms with Crippen LogP contribution in [0.4, 0.5) is 0 Å². The third kappa shape index (κ3) is 2.43. The van der Waals surface area contributed by atoms with Crippen molar-refractivity contribution in [1.82, 2.24) is 4.90 Å². The van der Waals surface area contributed by atoms with E-state index in [1.807, 2.05) is 36.4 Å². The number of nitrogens with zero attached hydrogens (tertiary/aromatic N) is 1. The highest BCUT2D eigenvalue weighted by Crippen LogP contribution is 2.29. The average Bonchev–Trinajstić information content (AvgIpc) is 2.60. The Labute approximate surface area is 135 Å². The number of imide groups is 1. The van der Waals surface area contributed by atoms with Crippen LogP contribution < -0.4 is 4.90 Å². The van der Waals surface area contributed by atoms with E-state index in [4.69, 9.17) is 0 Å². The average molecular weight is 309 g/mol. The van der Waals surface area contributed by atoms with E-state index in [-0.39, 0.29) is 11.8 Å². The van der Waals surface area contributed by atoms with Crippen LogP contribution in [0.3, 0.4) is 0 Å². The summed E-state index contributed by atoms with van der Waals surface area (Å²) < 4.78 is 0. The maximum absolute atomic E-state index is 12.8. The van der Waals surface area contributed by atoms with Crippen LogP contribution in [0.1, 0.15) is 40.0 Å². The molecule has 2 aromatic rings. The Morgan fingerprint density at radius 2 is 1.48 bits per heavy atom. The number of hydrogen-bond acceptors (Lipinski definition) is 2. The lowest BCUT2D eigenvalue weighted by atomic mass is 9.94. The number of quaternary nitrogens is 1. The van der Waals surface area contributed by atoms with Crippen LogP contribution in [-0.2, 0) is 0 Å². The van der Waals surface area contributed by atoms with Gasteiger partial charge in [-0.15, -0.1) is 0 Å². The SMILES string of the molecule is O=C1c2cccc3cccc(c23)C(=O)N1CC[NH+]1CCCCC1. The molecule has 0 radical (unpaired) electrons. The van der Waals surface area contributed by atoms with Gasteiger partial charge in [-0.05, 0) is 36.8 Å². The van der Waals surface area contributed by atoms with Crippen molar-refractivity contribution in [2.75, 3.05) is 26.2 Å². The Hall–Kier alpha value is -2.20.